The van der Waals surface area contributed by atoms with E-state index in [1.165, 1.54) is 6.21 Å². The van der Waals surface area contributed by atoms with Crippen LogP contribution in [-0.2, 0) is 14.8 Å². The lowest BCUT2D eigenvalue weighted by molar-refractivity contribution is -0.119. The Hall–Kier alpha value is -2.59. The van der Waals surface area contributed by atoms with Crippen LogP contribution >= 0.6 is 15.9 Å². The highest BCUT2D eigenvalue weighted by molar-refractivity contribution is 9.10. The number of amides is 1. The van der Waals surface area contributed by atoms with E-state index in [0.717, 1.165) is 16.1 Å². The number of carbonyl (C=O) groups excluding carboxylic acids is 1. The van der Waals surface area contributed by atoms with Gasteiger partial charge in [-0.05, 0) is 52.7 Å². The van der Waals surface area contributed by atoms with Crippen LogP contribution in [-0.4, -0.2) is 40.1 Å². The molecular formula is C18H18BrN3O5S. The van der Waals surface area contributed by atoms with Gasteiger partial charge >= 0.3 is 0 Å². The molecule has 0 bridgehead atoms. The minimum Gasteiger partial charge on any atom is -0.454 e. The Balaban J connectivity index is 1.69. The van der Waals surface area contributed by atoms with Crippen molar-refractivity contribution in [3.05, 3.63) is 52.0 Å². The number of ether oxygens (including phenoxy) is 2. The first-order chi connectivity index (χ1) is 13.2. The first-order valence-electron chi connectivity index (χ1n) is 8.19. The molecular weight excluding hydrogens is 450 g/mol. The number of halogens is 1. The highest BCUT2D eigenvalue weighted by Gasteiger charge is 2.21. The number of aryl methyl sites for hydroxylation is 1. The van der Waals surface area contributed by atoms with E-state index in [1.807, 2.05) is 13.0 Å². The van der Waals surface area contributed by atoms with Gasteiger partial charge in [0.25, 0.3) is 5.91 Å². The largest absolute Gasteiger partial charge is 0.454 e. The third-order valence-electron chi connectivity index (χ3n) is 3.86. The third kappa shape index (κ3) is 4.82. The highest BCUT2D eigenvalue weighted by atomic mass is 79.9. The lowest BCUT2D eigenvalue weighted by Gasteiger charge is -2.21. The monoisotopic (exact) mass is 467 g/mol. The number of carbonyl (C=O) groups is 1. The van der Waals surface area contributed by atoms with Crippen LogP contribution in [0.5, 0.6) is 11.5 Å². The summed E-state index contributed by atoms with van der Waals surface area (Å²) in [6.45, 7) is 1.61. The number of hydrazone groups is 1. The van der Waals surface area contributed by atoms with Crippen molar-refractivity contribution in [3.63, 3.8) is 0 Å². The van der Waals surface area contributed by atoms with Gasteiger partial charge in [0.2, 0.25) is 16.8 Å². The number of benzene rings is 2. The Labute approximate surface area is 171 Å². The normalized spacial score (nSPS) is 13.0. The highest BCUT2D eigenvalue weighted by Crippen LogP contribution is 2.36. The standard InChI is InChI=1S/C18H18BrN3O5S/c1-12-4-3-5-14(6-12)22(28(2,24)25)10-18(23)21-20-9-13-7-16-17(8-15(13)19)27-11-26-16/h3-9H,10-11H2,1-2H3,(H,21,23)/b20-9-. The molecule has 0 spiro atoms. The van der Waals surface area contributed by atoms with Crippen LogP contribution in [0.2, 0.25) is 0 Å². The molecule has 10 heteroatoms. The number of hydrogen-bond donors (Lipinski definition) is 1. The van der Waals surface area contributed by atoms with Crippen molar-refractivity contribution in [2.45, 2.75) is 6.92 Å². The van der Waals surface area contributed by atoms with E-state index < -0.39 is 15.9 Å². The zero-order valence-electron chi connectivity index (χ0n) is 15.2. The average molecular weight is 468 g/mol. The molecule has 0 aromatic heterocycles. The number of rotatable bonds is 6. The number of nitrogens with one attached hydrogen (secondary N) is 1. The van der Waals surface area contributed by atoms with Crippen LogP contribution in [0, 0.1) is 6.92 Å². The number of nitrogens with zero attached hydrogens (tertiary/aromatic N) is 2. The summed E-state index contributed by atoms with van der Waals surface area (Å²) in [5.41, 5.74) is 4.32. The zero-order chi connectivity index (χ0) is 20.3. The minimum absolute atomic E-state index is 0.152. The Morgan fingerprint density at radius 3 is 2.68 bits per heavy atom. The van der Waals surface area contributed by atoms with Gasteiger partial charge < -0.3 is 9.47 Å². The van der Waals surface area contributed by atoms with Crippen molar-refractivity contribution < 1.29 is 22.7 Å². The van der Waals surface area contributed by atoms with Crippen LogP contribution in [0.4, 0.5) is 5.69 Å². The quantitative estimate of drug-likeness (QED) is 0.519. The molecule has 1 heterocycles. The summed E-state index contributed by atoms with van der Waals surface area (Å²) in [6.07, 6.45) is 2.48. The lowest BCUT2D eigenvalue weighted by atomic mass is 10.2. The Morgan fingerprint density at radius 2 is 2.00 bits per heavy atom. The van der Waals surface area contributed by atoms with Gasteiger partial charge in [0.15, 0.2) is 11.5 Å². The number of sulfonamides is 1. The SMILES string of the molecule is Cc1cccc(N(CC(=O)N/N=C\c2cc3c(cc2Br)OCO3)S(C)(=O)=O)c1. The molecule has 8 nitrogen and oxygen atoms in total. The molecule has 148 valence electrons. The Bertz CT molecular complexity index is 1040. The molecule has 1 aliphatic rings. The van der Waals surface area contributed by atoms with E-state index in [1.54, 1.807) is 30.3 Å². The van der Waals surface area contributed by atoms with Gasteiger partial charge in [-0.15, -0.1) is 0 Å². The number of anilines is 1. The van der Waals surface area contributed by atoms with E-state index >= 15 is 0 Å². The third-order valence-corrected chi connectivity index (χ3v) is 5.69. The van der Waals surface area contributed by atoms with Crippen LogP contribution < -0.4 is 19.2 Å². The maximum Gasteiger partial charge on any atom is 0.260 e. The molecule has 0 atom stereocenters. The Morgan fingerprint density at radius 1 is 1.29 bits per heavy atom. The molecule has 2 aromatic rings. The van der Waals surface area contributed by atoms with Crippen molar-refractivity contribution in [1.29, 1.82) is 0 Å². The lowest BCUT2D eigenvalue weighted by Crippen LogP contribution is -2.39. The summed E-state index contributed by atoms with van der Waals surface area (Å²) >= 11 is 3.39. The van der Waals surface area contributed by atoms with Gasteiger partial charge in [-0.25, -0.2) is 13.8 Å². The summed E-state index contributed by atoms with van der Waals surface area (Å²) in [7, 11) is -3.64. The predicted octanol–water partition coefficient (Wildman–Crippen LogP) is 2.40. The maximum absolute atomic E-state index is 12.2. The van der Waals surface area contributed by atoms with Gasteiger partial charge in [0.05, 0.1) is 18.2 Å². The fraction of sp³-hybridized carbons (Fsp3) is 0.222. The molecule has 0 saturated carbocycles. The molecule has 28 heavy (non-hydrogen) atoms. The second-order valence-electron chi connectivity index (χ2n) is 6.13. The topological polar surface area (TPSA) is 97.3 Å². The van der Waals surface area contributed by atoms with Gasteiger partial charge in [-0.1, -0.05) is 12.1 Å². The van der Waals surface area contributed by atoms with Crippen LogP contribution in [0.3, 0.4) is 0 Å². The fourth-order valence-electron chi connectivity index (χ4n) is 2.55. The van der Waals surface area contributed by atoms with Crippen molar-refractivity contribution in [1.82, 2.24) is 5.43 Å². The summed E-state index contributed by atoms with van der Waals surface area (Å²) in [5.74, 6) is 0.633. The van der Waals surface area contributed by atoms with E-state index in [-0.39, 0.29) is 13.3 Å². The van der Waals surface area contributed by atoms with Crippen molar-refractivity contribution >= 4 is 43.8 Å². The minimum atomic E-state index is -3.64. The van der Waals surface area contributed by atoms with Crippen molar-refractivity contribution in [2.75, 3.05) is 23.9 Å². The molecule has 0 unspecified atom stereocenters. The van der Waals surface area contributed by atoms with E-state index in [2.05, 4.69) is 26.5 Å². The second-order valence-corrected chi connectivity index (χ2v) is 8.89. The van der Waals surface area contributed by atoms with Gasteiger partial charge in [0, 0.05) is 10.0 Å². The Kier molecular flexibility index (Phi) is 5.90. The van der Waals surface area contributed by atoms with Gasteiger partial charge in [-0.3, -0.25) is 9.10 Å². The number of fused-ring (bicyclic) bond motifs is 1. The first-order valence-corrected chi connectivity index (χ1v) is 10.8. The van der Waals surface area contributed by atoms with E-state index in [4.69, 9.17) is 9.47 Å². The fourth-order valence-corrected chi connectivity index (χ4v) is 3.83. The van der Waals surface area contributed by atoms with Crippen molar-refractivity contribution in [3.8, 4) is 11.5 Å². The number of hydrogen-bond acceptors (Lipinski definition) is 6. The second kappa shape index (κ2) is 8.19. The molecule has 1 amide bonds. The van der Waals surface area contributed by atoms with Crippen molar-refractivity contribution in [2.24, 2.45) is 5.10 Å². The van der Waals surface area contributed by atoms with E-state index in [9.17, 15) is 13.2 Å². The zero-order valence-corrected chi connectivity index (χ0v) is 17.6. The van der Waals surface area contributed by atoms with Gasteiger partial charge in [-0.2, -0.15) is 5.10 Å². The average Bonchev–Trinajstić information content (AvgIpc) is 3.06. The van der Waals surface area contributed by atoms with Crippen LogP contribution in [0.1, 0.15) is 11.1 Å². The molecule has 2 aromatic carbocycles. The molecule has 0 radical (unpaired) electrons. The summed E-state index contributed by atoms with van der Waals surface area (Å²) in [4.78, 5) is 12.2. The molecule has 0 fully saturated rings. The van der Waals surface area contributed by atoms with Crippen LogP contribution in [0.15, 0.2) is 46.0 Å². The maximum atomic E-state index is 12.2. The smallest absolute Gasteiger partial charge is 0.260 e. The van der Waals surface area contributed by atoms with Crippen LogP contribution in [0.25, 0.3) is 0 Å². The summed E-state index contributed by atoms with van der Waals surface area (Å²) < 4.78 is 36.5. The summed E-state index contributed by atoms with van der Waals surface area (Å²) in [5, 5.41) is 3.90. The summed E-state index contributed by atoms with van der Waals surface area (Å²) in [6, 6.07) is 10.4. The van der Waals surface area contributed by atoms with Gasteiger partial charge in [0.1, 0.15) is 6.54 Å². The molecule has 0 saturated heterocycles. The molecule has 3 rings (SSSR count). The van der Waals surface area contributed by atoms with E-state index in [0.29, 0.717) is 27.2 Å². The molecule has 1 aliphatic heterocycles. The predicted molar refractivity (Wildman–Crippen MR) is 109 cm³/mol. The first kappa shape index (κ1) is 20.2. The molecule has 1 N–H and O–H groups in total. The molecule has 0 aliphatic carbocycles.